The van der Waals surface area contributed by atoms with E-state index in [4.69, 9.17) is 16.0 Å². The third-order valence-corrected chi connectivity index (χ3v) is 7.21. The van der Waals surface area contributed by atoms with Crippen LogP contribution in [0.5, 0.6) is 5.75 Å². The van der Waals surface area contributed by atoms with Crippen molar-refractivity contribution in [3.8, 4) is 5.75 Å². The Labute approximate surface area is 241 Å². The molecule has 2 aliphatic rings. The number of nitrogens with one attached hydrogen (secondary N) is 1. The van der Waals surface area contributed by atoms with Crippen LogP contribution in [0, 0.1) is 6.57 Å². The lowest BCUT2D eigenvalue weighted by atomic mass is 10.1. The van der Waals surface area contributed by atoms with E-state index in [0.29, 0.717) is 54.9 Å². The van der Waals surface area contributed by atoms with Gasteiger partial charge in [-0.15, -0.1) is 0 Å². The molecule has 2 aromatic rings. The second-order valence-corrected chi connectivity index (χ2v) is 11.4. The second-order valence-electron chi connectivity index (χ2n) is 11.4. The molecule has 11 nitrogen and oxygen atoms in total. The molecule has 3 amide bonds. The monoisotopic (exact) mass is 564 g/mol. The summed E-state index contributed by atoms with van der Waals surface area (Å²) in [7, 11) is 0. The van der Waals surface area contributed by atoms with Crippen molar-refractivity contribution in [3.05, 3.63) is 47.4 Å². The molecule has 0 spiro atoms. The maximum absolute atomic E-state index is 13.0. The zero-order valence-corrected chi connectivity index (χ0v) is 24.2. The Morgan fingerprint density at radius 3 is 2.61 bits per heavy atom. The standard InChI is InChI=1S/C30H40N6O5/c1-30(2,3)41-29(39)35-17-15-34(16-18-35)13-7-19-40-22-9-10-25-24(20-22)23(11-12-32-25)28(38)33-21-27(37)36-14-6-5-8-26(36)31-4/h9-12,20,26H,5-8,13-19,21H2,1-3H3,(H,33,38)/t26-/m0/s1. The van der Waals surface area contributed by atoms with E-state index in [0.717, 1.165) is 38.9 Å². The maximum atomic E-state index is 13.0. The number of nitrogens with zero attached hydrogens (tertiary/aromatic N) is 5. The average molecular weight is 565 g/mol. The van der Waals surface area contributed by atoms with Crippen LogP contribution in [0.1, 0.15) is 56.8 Å². The van der Waals surface area contributed by atoms with Gasteiger partial charge in [-0.3, -0.25) is 29.2 Å². The molecule has 1 atom stereocenters. The van der Waals surface area contributed by atoms with Gasteiger partial charge < -0.3 is 19.7 Å². The SMILES string of the molecule is [C-]#[N+][C@@H]1CCCCN1C(=O)CNC(=O)c1ccnc2ccc(OCCCN3CCN(C(=O)OC(C)(C)C)CC3)cc12. The van der Waals surface area contributed by atoms with Crippen LogP contribution in [0.2, 0.25) is 0 Å². The van der Waals surface area contributed by atoms with E-state index in [1.807, 2.05) is 32.9 Å². The molecule has 0 aliphatic carbocycles. The van der Waals surface area contributed by atoms with E-state index in [2.05, 4.69) is 20.0 Å². The quantitative estimate of drug-likeness (QED) is 0.386. The molecule has 41 heavy (non-hydrogen) atoms. The molecule has 0 saturated carbocycles. The lowest BCUT2D eigenvalue weighted by Gasteiger charge is -2.35. The highest BCUT2D eigenvalue weighted by atomic mass is 16.6. The highest BCUT2D eigenvalue weighted by Gasteiger charge is 2.30. The van der Waals surface area contributed by atoms with Crippen molar-refractivity contribution < 1.29 is 23.9 Å². The van der Waals surface area contributed by atoms with Gasteiger partial charge in [0.05, 0.1) is 24.2 Å². The van der Waals surface area contributed by atoms with Crippen LogP contribution in [0.4, 0.5) is 4.79 Å². The third kappa shape index (κ3) is 8.30. The Hall–Kier alpha value is -3.91. The molecule has 3 heterocycles. The molecule has 4 rings (SSSR count). The number of ether oxygens (including phenoxy) is 2. The van der Waals surface area contributed by atoms with Gasteiger partial charge >= 0.3 is 12.3 Å². The average Bonchev–Trinajstić information content (AvgIpc) is 2.97. The Morgan fingerprint density at radius 2 is 1.88 bits per heavy atom. The summed E-state index contributed by atoms with van der Waals surface area (Å²) in [5.74, 6) is 0.0241. The number of pyridine rings is 1. The van der Waals surface area contributed by atoms with Gasteiger partial charge in [0.15, 0.2) is 0 Å². The van der Waals surface area contributed by atoms with Gasteiger partial charge in [0, 0.05) is 57.3 Å². The topological polar surface area (TPSA) is 109 Å². The van der Waals surface area contributed by atoms with Crippen LogP contribution in [0.25, 0.3) is 15.7 Å². The van der Waals surface area contributed by atoms with Crippen LogP contribution < -0.4 is 10.1 Å². The highest BCUT2D eigenvalue weighted by molar-refractivity contribution is 6.07. The zero-order chi connectivity index (χ0) is 29.4. The van der Waals surface area contributed by atoms with E-state index in [1.165, 1.54) is 0 Å². The molecule has 0 unspecified atom stereocenters. The summed E-state index contributed by atoms with van der Waals surface area (Å²) in [6.45, 7) is 17.6. The summed E-state index contributed by atoms with van der Waals surface area (Å²) in [4.78, 5) is 51.5. The summed E-state index contributed by atoms with van der Waals surface area (Å²) >= 11 is 0. The smallest absolute Gasteiger partial charge is 0.410 e. The molecule has 11 heteroatoms. The van der Waals surface area contributed by atoms with Gasteiger partial charge in [0.25, 0.3) is 5.91 Å². The molecule has 2 aliphatic heterocycles. The molecule has 1 aromatic carbocycles. The molecule has 1 N–H and O–H groups in total. The Balaban J connectivity index is 1.26. The maximum Gasteiger partial charge on any atom is 0.410 e. The Kier molecular flexibility index (Phi) is 10.00. The van der Waals surface area contributed by atoms with Crippen molar-refractivity contribution in [1.82, 2.24) is 25.0 Å². The van der Waals surface area contributed by atoms with Crippen molar-refractivity contribution >= 4 is 28.8 Å². The first-order valence-corrected chi connectivity index (χ1v) is 14.3. The zero-order valence-electron chi connectivity index (χ0n) is 24.2. The summed E-state index contributed by atoms with van der Waals surface area (Å²) in [6, 6.07) is 7.08. The molecule has 2 fully saturated rings. The fourth-order valence-electron chi connectivity index (χ4n) is 5.06. The van der Waals surface area contributed by atoms with Gasteiger partial charge in [-0.2, -0.15) is 0 Å². The second kappa shape index (κ2) is 13.6. The Morgan fingerprint density at radius 1 is 1.10 bits per heavy atom. The molecular formula is C30H40N6O5. The van der Waals surface area contributed by atoms with Gasteiger partial charge in [-0.05, 0) is 64.3 Å². The first-order valence-electron chi connectivity index (χ1n) is 14.3. The number of likely N-dealkylation sites (tertiary alicyclic amines) is 1. The van der Waals surface area contributed by atoms with Crippen LogP contribution >= 0.6 is 0 Å². The van der Waals surface area contributed by atoms with Crippen LogP contribution in [0.3, 0.4) is 0 Å². The van der Waals surface area contributed by atoms with Gasteiger partial charge in [-0.25, -0.2) is 11.4 Å². The minimum atomic E-state index is -0.496. The molecule has 2 saturated heterocycles. The number of benzene rings is 1. The molecule has 0 radical (unpaired) electrons. The fourth-order valence-corrected chi connectivity index (χ4v) is 5.06. The number of rotatable bonds is 8. The van der Waals surface area contributed by atoms with E-state index >= 15 is 0 Å². The number of carbonyl (C=O) groups is 3. The largest absolute Gasteiger partial charge is 0.494 e. The number of piperazine rings is 1. The summed E-state index contributed by atoms with van der Waals surface area (Å²) < 4.78 is 11.5. The van der Waals surface area contributed by atoms with E-state index < -0.39 is 11.8 Å². The molecule has 0 bridgehead atoms. The van der Waals surface area contributed by atoms with Crippen LogP contribution in [-0.4, -0.2) is 102 Å². The number of carbonyl (C=O) groups excluding carboxylic acids is 3. The molecule has 1 aromatic heterocycles. The predicted molar refractivity (Wildman–Crippen MR) is 154 cm³/mol. The molecular weight excluding hydrogens is 524 g/mol. The van der Waals surface area contributed by atoms with E-state index in [-0.39, 0.29) is 24.5 Å². The number of aromatic nitrogens is 1. The minimum absolute atomic E-state index is 0.156. The van der Waals surface area contributed by atoms with Crippen molar-refractivity contribution in [2.75, 3.05) is 52.4 Å². The van der Waals surface area contributed by atoms with E-state index in [1.54, 1.807) is 28.1 Å². The fraction of sp³-hybridized carbons (Fsp3) is 0.567. The summed E-state index contributed by atoms with van der Waals surface area (Å²) in [5.41, 5.74) is 0.574. The number of fused-ring (bicyclic) bond motifs is 1. The summed E-state index contributed by atoms with van der Waals surface area (Å²) in [6.07, 6.45) is 4.15. The summed E-state index contributed by atoms with van der Waals surface area (Å²) in [5, 5.41) is 3.37. The van der Waals surface area contributed by atoms with Crippen molar-refractivity contribution in [2.45, 2.75) is 58.2 Å². The number of hydrogen-bond acceptors (Lipinski definition) is 7. The van der Waals surface area contributed by atoms with Gasteiger partial charge in [-0.1, -0.05) is 0 Å². The lowest BCUT2D eigenvalue weighted by Crippen LogP contribution is -2.50. The first kappa shape index (κ1) is 30.1. The van der Waals surface area contributed by atoms with Crippen molar-refractivity contribution in [2.24, 2.45) is 0 Å². The molecule has 220 valence electrons. The number of piperidine rings is 1. The van der Waals surface area contributed by atoms with Crippen molar-refractivity contribution in [3.63, 3.8) is 0 Å². The lowest BCUT2D eigenvalue weighted by molar-refractivity contribution is -0.132. The van der Waals surface area contributed by atoms with Gasteiger partial charge in [0.2, 0.25) is 5.91 Å². The van der Waals surface area contributed by atoms with E-state index in [9.17, 15) is 14.4 Å². The van der Waals surface area contributed by atoms with Crippen molar-refractivity contribution in [1.29, 1.82) is 0 Å². The predicted octanol–water partition coefficient (Wildman–Crippen LogP) is 3.54. The number of amides is 3. The van der Waals surface area contributed by atoms with Crippen LogP contribution in [0.15, 0.2) is 30.5 Å². The van der Waals surface area contributed by atoms with Gasteiger partial charge in [0.1, 0.15) is 11.4 Å². The van der Waals surface area contributed by atoms with Crippen LogP contribution in [-0.2, 0) is 9.53 Å². The normalized spacial score (nSPS) is 18.0. The number of hydrogen-bond donors (Lipinski definition) is 1. The third-order valence-electron chi connectivity index (χ3n) is 7.21. The first-order chi connectivity index (χ1) is 19.6. The minimum Gasteiger partial charge on any atom is -0.494 e. The highest BCUT2D eigenvalue weighted by Crippen LogP contribution is 2.23. The Bertz CT molecular complexity index is 1280.